The van der Waals surface area contributed by atoms with E-state index in [1.807, 2.05) is 5.01 Å². The van der Waals surface area contributed by atoms with Crippen molar-refractivity contribution in [1.29, 1.82) is 0 Å². The highest BCUT2D eigenvalue weighted by atomic mass is 16.5. The maximum absolute atomic E-state index is 4.86. The molecule has 1 saturated heterocycles. The van der Waals surface area contributed by atoms with Gasteiger partial charge in [0.05, 0.1) is 5.66 Å². The van der Waals surface area contributed by atoms with Gasteiger partial charge in [0.2, 0.25) is 0 Å². The third kappa shape index (κ3) is 0.992. The highest BCUT2D eigenvalue weighted by Gasteiger charge is 2.41. The van der Waals surface area contributed by atoms with E-state index in [0.29, 0.717) is 6.73 Å². The highest BCUT2D eigenvalue weighted by Crippen LogP contribution is 2.21. The van der Waals surface area contributed by atoms with Crippen LogP contribution in [0.15, 0.2) is 0 Å². The number of nitrogens with one attached hydrogen (secondary N) is 1. The fourth-order valence-corrected chi connectivity index (χ4v) is 0.628. The summed E-state index contributed by atoms with van der Waals surface area (Å²) in [6, 6.07) is 0. The predicted molar refractivity (Wildman–Crippen MR) is 30.9 cm³/mol. The molecule has 0 bridgehead atoms. The molecule has 0 saturated carbocycles. The van der Waals surface area contributed by atoms with Crippen LogP contribution in [0.4, 0.5) is 0 Å². The summed E-state index contributed by atoms with van der Waals surface area (Å²) in [5.41, 5.74) is 3.29. The van der Waals surface area contributed by atoms with Gasteiger partial charge in [-0.1, -0.05) is 0 Å². The van der Waals surface area contributed by atoms with Crippen LogP contribution in [0.25, 0.3) is 0 Å². The average Bonchev–Trinajstić information content (AvgIpc) is 2.15. The van der Waals surface area contributed by atoms with Gasteiger partial charge in [0.1, 0.15) is 6.73 Å². The van der Waals surface area contributed by atoms with Crippen LogP contribution in [0.2, 0.25) is 0 Å². The second-order valence-electron chi connectivity index (χ2n) is 2.52. The standard InChI is InChI=1S/C5H12N2O/c1-5(2)6-7(5)4-8-3/h6H,4H2,1-3H3. The molecule has 0 radical (unpaired) electrons. The fourth-order valence-electron chi connectivity index (χ4n) is 0.628. The van der Waals surface area contributed by atoms with E-state index < -0.39 is 0 Å². The van der Waals surface area contributed by atoms with Crippen molar-refractivity contribution in [2.45, 2.75) is 19.5 Å². The second kappa shape index (κ2) is 1.69. The summed E-state index contributed by atoms with van der Waals surface area (Å²) in [7, 11) is 1.69. The molecule has 1 rings (SSSR count). The quantitative estimate of drug-likeness (QED) is 0.521. The lowest BCUT2D eigenvalue weighted by atomic mass is 10.3. The van der Waals surface area contributed by atoms with Crippen LogP contribution in [0.3, 0.4) is 0 Å². The molecular formula is C5H12N2O. The second-order valence-corrected chi connectivity index (χ2v) is 2.52. The van der Waals surface area contributed by atoms with Crippen molar-refractivity contribution in [2.24, 2.45) is 0 Å². The zero-order chi connectivity index (χ0) is 6.20. The van der Waals surface area contributed by atoms with Gasteiger partial charge >= 0.3 is 0 Å². The minimum absolute atomic E-state index is 0.177. The van der Waals surface area contributed by atoms with Crippen molar-refractivity contribution >= 4 is 0 Å². The van der Waals surface area contributed by atoms with Gasteiger partial charge in [-0.05, 0) is 13.8 Å². The summed E-state index contributed by atoms with van der Waals surface area (Å²) >= 11 is 0. The molecular weight excluding hydrogens is 104 g/mol. The van der Waals surface area contributed by atoms with Crippen LogP contribution >= 0.6 is 0 Å². The van der Waals surface area contributed by atoms with Crippen LogP contribution in [-0.4, -0.2) is 24.5 Å². The zero-order valence-electron chi connectivity index (χ0n) is 5.56. The average molecular weight is 116 g/mol. The summed E-state index contributed by atoms with van der Waals surface area (Å²) in [6.45, 7) is 4.88. The Bertz CT molecular complexity index is 92.4. The lowest BCUT2D eigenvalue weighted by molar-refractivity contribution is 0.112. The summed E-state index contributed by atoms with van der Waals surface area (Å²) < 4.78 is 4.86. The molecule has 1 fully saturated rings. The van der Waals surface area contributed by atoms with Crippen LogP contribution < -0.4 is 5.43 Å². The van der Waals surface area contributed by atoms with Gasteiger partial charge in [0.15, 0.2) is 0 Å². The van der Waals surface area contributed by atoms with Crippen molar-refractivity contribution in [1.82, 2.24) is 10.4 Å². The predicted octanol–water partition coefficient (Wildman–Crippen LogP) is 0.147. The molecule has 0 aromatic carbocycles. The number of hydrogen-bond acceptors (Lipinski definition) is 3. The molecule has 0 aromatic heterocycles. The van der Waals surface area contributed by atoms with E-state index in [-0.39, 0.29) is 5.66 Å². The maximum Gasteiger partial charge on any atom is 0.113 e. The molecule has 1 N–H and O–H groups in total. The zero-order valence-corrected chi connectivity index (χ0v) is 5.56. The first-order valence-electron chi connectivity index (χ1n) is 2.71. The van der Waals surface area contributed by atoms with Gasteiger partial charge in [-0.25, -0.2) is 5.43 Å². The lowest BCUT2D eigenvalue weighted by Crippen LogP contribution is -2.11. The minimum atomic E-state index is 0.177. The van der Waals surface area contributed by atoms with Crippen molar-refractivity contribution in [3.05, 3.63) is 0 Å². The van der Waals surface area contributed by atoms with Crippen LogP contribution in [0.1, 0.15) is 13.8 Å². The van der Waals surface area contributed by atoms with Gasteiger partial charge in [0, 0.05) is 7.11 Å². The third-order valence-electron chi connectivity index (χ3n) is 1.29. The molecule has 0 aliphatic carbocycles. The first-order chi connectivity index (χ1) is 3.67. The minimum Gasteiger partial charge on any atom is -0.368 e. The van der Waals surface area contributed by atoms with E-state index in [2.05, 4.69) is 19.3 Å². The number of rotatable bonds is 2. The Labute approximate surface area is 49.6 Å². The lowest BCUT2D eigenvalue weighted by Gasteiger charge is -1.98. The molecule has 1 aliphatic rings. The van der Waals surface area contributed by atoms with Crippen molar-refractivity contribution in [3.63, 3.8) is 0 Å². The van der Waals surface area contributed by atoms with Crippen LogP contribution in [-0.2, 0) is 4.74 Å². The largest absolute Gasteiger partial charge is 0.368 e. The third-order valence-corrected chi connectivity index (χ3v) is 1.29. The molecule has 1 unspecified atom stereocenters. The normalized spacial score (nSPS) is 32.6. The number of nitrogens with zero attached hydrogens (tertiary/aromatic N) is 1. The topological polar surface area (TPSA) is 34.2 Å². The molecule has 3 heteroatoms. The van der Waals surface area contributed by atoms with Crippen molar-refractivity contribution in [3.8, 4) is 0 Å². The number of hydrazine groups is 1. The molecule has 1 atom stereocenters. The molecule has 3 nitrogen and oxygen atoms in total. The maximum atomic E-state index is 4.86. The van der Waals surface area contributed by atoms with Crippen molar-refractivity contribution in [2.75, 3.05) is 13.8 Å². The van der Waals surface area contributed by atoms with E-state index in [0.717, 1.165) is 0 Å². The Balaban J connectivity index is 2.17. The smallest absolute Gasteiger partial charge is 0.113 e. The summed E-state index contributed by atoms with van der Waals surface area (Å²) in [5, 5.41) is 2.02. The van der Waals surface area contributed by atoms with Crippen LogP contribution in [0.5, 0.6) is 0 Å². The fraction of sp³-hybridized carbons (Fsp3) is 1.00. The van der Waals surface area contributed by atoms with E-state index in [4.69, 9.17) is 4.74 Å². The van der Waals surface area contributed by atoms with Gasteiger partial charge in [-0.2, -0.15) is 5.01 Å². The summed E-state index contributed by atoms with van der Waals surface area (Å²) in [6.07, 6.45) is 0. The highest BCUT2D eigenvalue weighted by molar-refractivity contribution is 4.86. The molecule has 0 aromatic rings. The summed E-state index contributed by atoms with van der Waals surface area (Å²) in [5.74, 6) is 0. The van der Waals surface area contributed by atoms with E-state index in [1.54, 1.807) is 7.11 Å². The first-order valence-corrected chi connectivity index (χ1v) is 2.71. The number of ether oxygens (including phenoxy) is 1. The van der Waals surface area contributed by atoms with Gasteiger partial charge < -0.3 is 4.74 Å². The molecule has 8 heavy (non-hydrogen) atoms. The van der Waals surface area contributed by atoms with Gasteiger partial charge in [-0.3, -0.25) is 0 Å². The van der Waals surface area contributed by atoms with Gasteiger partial charge in [0.25, 0.3) is 0 Å². The van der Waals surface area contributed by atoms with E-state index in [9.17, 15) is 0 Å². The van der Waals surface area contributed by atoms with Gasteiger partial charge in [-0.15, -0.1) is 0 Å². The Morgan fingerprint density at radius 3 is 2.25 bits per heavy atom. The Morgan fingerprint density at radius 2 is 2.12 bits per heavy atom. The Kier molecular flexibility index (Phi) is 1.27. The SMILES string of the molecule is COCN1NC1(C)C. The molecule has 1 aliphatic heterocycles. The molecule has 0 spiro atoms. The number of hydrogen-bond donors (Lipinski definition) is 1. The first kappa shape index (κ1) is 6.01. The molecule has 0 amide bonds. The monoisotopic (exact) mass is 116 g/mol. The summed E-state index contributed by atoms with van der Waals surface area (Å²) in [4.78, 5) is 0. The van der Waals surface area contributed by atoms with Crippen LogP contribution in [0, 0.1) is 0 Å². The molecule has 48 valence electrons. The Morgan fingerprint density at radius 1 is 1.62 bits per heavy atom. The molecule has 1 heterocycles. The van der Waals surface area contributed by atoms with Crippen molar-refractivity contribution < 1.29 is 4.74 Å². The van der Waals surface area contributed by atoms with E-state index >= 15 is 0 Å². The van der Waals surface area contributed by atoms with E-state index in [1.165, 1.54) is 0 Å². The Hall–Kier alpha value is -0.120. The number of methoxy groups -OCH3 is 1.